The number of rotatable bonds is 6. The maximum absolute atomic E-state index is 13.9. The quantitative estimate of drug-likeness (QED) is 0.679. The molecule has 2 aromatic carbocycles. The Balaban J connectivity index is 1.89. The van der Waals surface area contributed by atoms with Crippen LogP contribution in [0.1, 0.15) is 5.56 Å². The summed E-state index contributed by atoms with van der Waals surface area (Å²) in [5, 5.41) is 12.4. The van der Waals surface area contributed by atoms with E-state index >= 15 is 0 Å². The largest absolute Gasteiger partial charge is 0.481 e. The topological polar surface area (TPSA) is 84.6 Å². The van der Waals surface area contributed by atoms with Crippen molar-refractivity contribution in [2.24, 2.45) is 11.7 Å². The molecule has 0 spiro atoms. The number of carboxylic acid groups (broad SMARTS) is 1. The summed E-state index contributed by atoms with van der Waals surface area (Å²) in [5.74, 6) is -3.73. The van der Waals surface area contributed by atoms with E-state index in [4.69, 9.17) is 10.5 Å². The molecule has 1 aliphatic rings. The number of hydrogen-bond donors (Lipinski definition) is 3. The fourth-order valence-electron chi connectivity index (χ4n) is 2.83. The highest BCUT2D eigenvalue weighted by Gasteiger charge is 2.44. The van der Waals surface area contributed by atoms with Gasteiger partial charge in [0.05, 0.1) is 0 Å². The number of carboxylic acids is 1. The summed E-state index contributed by atoms with van der Waals surface area (Å²) in [6.45, 7) is -0.187. The molecular weight excluding hydrogens is 354 g/mol. The van der Waals surface area contributed by atoms with E-state index in [1.165, 1.54) is 24.3 Å². The molecule has 0 saturated heterocycles. The molecule has 5 nitrogen and oxygen atoms in total. The lowest BCUT2D eigenvalue weighted by molar-refractivity contribution is -0.142. The van der Waals surface area contributed by atoms with Crippen LogP contribution in [0, 0.1) is 17.6 Å². The zero-order valence-electron chi connectivity index (χ0n) is 14.2. The number of nitrogens with one attached hydrogen (secondary N) is 1. The molecule has 0 heterocycles. The van der Waals surface area contributed by atoms with Crippen LogP contribution in [-0.4, -0.2) is 16.7 Å². The predicted molar refractivity (Wildman–Crippen MR) is 95.5 cm³/mol. The molecule has 0 amide bonds. The highest BCUT2D eigenvalue weighted by Crippen LogP contribution is 2.30. The van der Waals surface area contributed by atoms with Crippen LogP contribution in [0.25, 0.3) is 0 Å². The van der Waals surface area contributed by atoms with Gasteiger partial charge in [0.15, 0.2) is 11.6 Å². The summed E-state index contributed by atoms with van der Waals surface area (Å²) in [6.07, 6.45) is 4.49. The average molecular weight is 372 g/mol. The zero-order chi connectivity index (χ0) is 19.4. The molecule has 4 N–H and O–H groups in total. The van der Waals surface area contributed by atoms with E-state index in [0.717, 1.165) is 6.07 Å². The molecule has 0 aromatic heterocycles. The first-order chi connectivity index (χ1) is 12.9. The highest BCUT2D eigenvalue weighted by atomic mass is 19.2. The zero-order valence-corrected chi connectivity index (χ0v) is 14.2. The molecule has 2 atom stereocenters. The van der Waals surface area contributed by atoms with Crippen LogP contribution in [-0.2, 0) is 11.3 Å². The van der Waals surface area contributed by atoms with E-state index in [0.29, 0.717) is 5.75 Å². The lowest BCUT2D eigenvalue weighted by Gasteiger charge is -2.37. The second-order valence-corrected chi connectivity index (χ2v) is 6.08. The van der Waals surface area contributed by atoms with E-state index in [1.54, 1.807) is 30.3 Å². The van der Waals surface area contributed by atoms with E-state index in [-0.39, 0.29) is 17.9 Å². The van der Waals surface area contributed by atoms with E-state index in [9.17, 15) is 18.7 Å². The van der Waals surface area contributed by atoms with Crippen molar-refractivity contribution in [3.8, 4) is 5.75 Å². The Morgan fingerprint density at radius 2 is 1.93 bits per heavy atom. The third-order valence-corrected chi connectivity index (χ3v) is 4.29. The predicted octanol–water partition coefficient (Wildman–Crippen LogP) is 2.94. The smallest absolute Gasteiger partial charge is 0.314 e. The third-order valence-electron chi connectivity index (χ3n) is 4.29. The number of nitrogens with two attached hydrogens (primary N) is 1. The number of allylic oxidation sites excluding steroid dienone is 2. The molecule has 0 bridgehead atoms. The van der Waals surface area contributed by atoms with Gasteiger partial charge >= 0.3 is 5.97 Å². The Hall–Kier alpha value is -3.03. The van der Waals surface area contributed by atoms with Crippen LogP contribution in [0.15, 0.2) is 72.5 Å². The van der Waals surface area contributed by atoms with Crippen LogP contribution in [0.5, 0.6) is 5.75 Å². The van der Waals surface area contributed by atoms with E-state index < -0.39 is 29.2 Å². The SMILES string of the molecule is NC1(NCc2cccc(F)c2F)C(Oc2ccccc2)=CC=CC1C(=O)O. The Morgan fingerprint density at radius 3 is 2.63 bits per heavy atom. The van der Waals surface area contributed by atoms with Gasteiger partial charge in [0, 0.05) is 12.1 Å². The summed E-state index contributed by atoms with van der Waals surface area (Å²) in [7, 11) is 0. The second kappa shape index (κ2) is 7.69. The van der Waals surface area contributed by atoms with Crippen LogP contribution >= 0.6 is 0 Å². The Labute approximate surface area is 154 Å². The van der Waals surface area contributed by atoms with Crippen molar-refractivity contribution in [2.45, 2.75) is 12.2 Å². The first kappa shape index (κ1) is 18.8. The van der Waals surface area contributed by atoms with Crippen molar-refractivity contribution in [2.75, 3.05) is 0 Å². The first-order valence-corrected chi connectivity index (χ1v) is 8.23. The van der Waals surface area contributed by atoms with Gasteiger partial charge in [0.1, 0.15) is 23.1 Å². The van der Waals surface area contributed by atoms with Crippen molar-refractivity contribution in [3.05, 3.63) is 89.7 Å². The fraction of sp³-hybridized carbons (Fsp3) is 0.150. The molecule has 0 fully saturated rings. The summed E-state index contributed by atoms with van der Waals surface area (Å²) in [5.41, 5.74) is 4.75. The maximum Gasteiger partial charge on any atom is 0.314 e. The molecule has 1 aliphatic carbocycles. The van der Waals surface area contributed by atoms with Crippen molar-refractivity contribution in [1.82, 2.24) is 5.32 Å². The molecule has 140 valence electrons. The van der Waals surface area contributed by atoms with Crippen LogP contribution in [0.4, 0.5) is 8.78 Å². The molecule has 3 rings (SSSR count). The average Bonchev–Trinajstić information content (AvgIpc) is 2.65. The number of benzene rings is 2. The molecule has 2 unspecified atom stereocenters. The van der Waals surface area contributed by atoms with Gasteiger partial charge in [0.25, 0.3) is 0 Å². The van der Waals surface area contributed by atoms with E-state index in [1.807, 2.05) is 6.07 Å². The van der Waals surface area contributed by atoms with Gasteiger partial charge in [-0.15, -0.1) is 0 Å². The van der Waals surface area contributed by atoms with Crippen LogP contribution in [0.2, 0.25) is 0 Å². The second-order valence-electron chi connectivity index (χ2n) is 6.08. The monoisotopic (exact) mass is 372 g/mol. The van der Waals surface area contributed by atoms with E-state index in [2.05, 4.69) is 5.32 Å². The Kier molecular flexibility index (Phi) is 5.34. The molecule has 0 radical (unpaired) electrons. The highest BCUT2D eigenvalue weighted by molar-refractivity contribution is 5.75. The maximum atomic E-state index is 13.9. The summed E-state index contributed by atoms with van der Waals surface area (Å²) >= 11 is 0. The number of carbonyl (C=O) groups is 1. The standard InChI is InChI=1S/C20H18F2N2O3/c21-16-10-4-6-13(18(16)22)12-24-20(23)15(19(25)26)9-5-11-17(20)27-14-7-2-1-3-8-14/h1-11,15,24H,12,23H2,(H,25,26). The number of ether oxygens (including phenoxy) is 1. The van der Waals surface area contributed by atoms with Gasteiger partial charge in [-0.1, -0.05) is 42.5 Å². The van der Waals surface area contributed by atoms with Gasteiger partial charge in [-0.2, -0.15) is 0 Å². The van der Waals surface area contributed by atoms with Crippen molar-refractivity contribution in [1.29, 1.82) is 0 Å². The van der Waals surface area contributed by atoms with Gasteiger partial charge in [-0.05, 0) is 24.3 Å². The van der Waals surface area contributed by atoms with Crippen LogP contribution < -0.4 is 15.8 Å². The van der Waals surface area contributed by atoms with Gasteiger partial charge in [0.2, 0.25) is 0 Å². The number of aliphatic carboxylic acids is 1. The molecular formula is C20H18F2N2O3. The summed E-state index contributed by atoms with van der Waals surface area (Å²) in [4.78, 5) is 11.7. The van der Waals surface area contributed by atoms with Crippen molar-refractivity contribution >= 4 is 5.97 Å². The lowest BCUT2D eigenvalue weighted by Crippen LogP contribution is -2.63. The van der Waals surface area contributed by atoms with Crippen molar-refractivity contribution in [3.63, 3.8) is 0 Å². The Bertz CT molecular complexity index is 899. The normalized spacial score (nSPS) is 21.6. The minimum absolute atomic E-state index is 0.0255. The summed E-state index contributed by atoms with van der Waals surface area (Å²) in [6, 6.07) is 12.5. The molecule has 2 aromatic rings. The number of hydrogen-bond acceptors (Lipinski definition) is 4. The first-order valence-electron chi connectivity index (χ1n) is 8.23. The fourth-order valence-corrected chi connectivity index (χ4v) is 2.83. The van der Waals surface area contributed by atoms with Gasteiger partial charge in [-0.25, -0.2) is 8.78 Å². The van der Waals surface area contributed by atoms with Crippen LogP contribution in [0.3, 0.4) is 0 Å². The summed E-state index contributed by atoms with van der Waals surface area (Å²) < 4.78 is 33.2. The number of halogens is 2. The Morgan fingerprint density at radius 1 is 1.19 bits per heavy atom. The molecule has 0 aliphatic heterocycles. The van der Waals surface area contributed by atoms with Crippen molar-refractivity contribution < 1.29 is 23.4 Å². The molecule has 7 heteroatoms. The molecule has 27 heavy (non-hydrogen) atoms. The van der Waals surface area contributed by atoms with Gasteiger partial charge in [-0.3, -0.25) is 10.1 Å². The minimum Gasteiger partial charge on any atom is -0.481 e. The lowest BCUT2D eigenvalue weighted by atomic mass is 9.86. The molecule has 0 saturated carbocycles. The third kappa shape index (κ3) is 3.89. The minimum atomic E-state index is -1.66. The number of para-hydroxylation sites is 1. The van der Waals surface area contributed by atoms with Gasteiger partial charge < -0.3 is 15.6 Å².